The molecule has 7 nitrogen and oxygen atoms in total. The van der Waals surface area contributed by atoms with Gasteiger partial charge in [-0.1, -0.05) is 41.4 Å². The van der Waals surface area contributed by atoms with Crippen molar-refractivity contribution in [2.45, 2.75) is 32.9 Å². The van der Waals surface area contributed by atoms with E-state index in [9.17, 15) is 14.7 Å². The minimum atomic E-state index is -0.970. The Balaban J connectivity index is 1.95. The molecule has 1 saturated heterocycles. The second-order valence-electron chi connectivity index (χ2n) is 8.81. The van der Waals surface area contributed by atoms with Crippen LogP contribution >= 0.6 is 23.2 Å². The largest absolute Gasteiger partial charge is 0.507 e. The first-order chi connectivity index (χ1) is 18.2. The molecule has 198 valence electrons. The molecule has 0 aromatic heterocycles. The Bertz CT molecular complexity index is 1390. The lowest BCUT2D eigenvalue weighted by atomic mass is 9.95. The van der Waals surface area contributed by atoms with Gasteiger partial charge < -0.3 is 19.3 Å². The third kappa shape index (κ3) is 5.30. The maximum Gasteiger partial charge on any atom is 0.300 e. The maximum atomic E-state index is 13.5. The van der Waals surface area contributed by atoms with Gasteiger partial charge in [0.1, 0.15) is 17.3 Å². The van der Waals surface area contributed by atoms with E-state index in [0.717, 1.165) is 0 Å². The Morgan fingerprint density at radius 3 is 2.29 bits per heavy atom. The summed E-state index contributed by atoms with van der Waals surface area (Å²) in [6, 6.07) is 15.8. The van der Waals surface area contributed by atoms with Crippen molar-refractivity contribution in [3.8, 4) is 17.2 Å². The SMILES string of the molecule is CCOc1cccc(N2C(=O)C(=O)/C(=C(/O)c3cc(Cl)c(OC)c(Cl)c3)C2c2cccc(OC(C)C)c2)c1. The Morgan fingerprint density at radius 2 is 1.66 bits per heavy atom. The predicted molar refractivity (Wildman–Crippen MR) is 148 cm³/mol. The van der Waals surface area contributed by atoms with Crippen LogP contribution in [-0.4, -0.2) is 36.6 Å². The summed E-state index contributed by atoms with van der Waals surface area (Å²) in [4.78, 5) is 28.3. The summed E-state index contributed by atoms with van der Waals surface area (Å²) in [6.45, 7) is 6.08. The van der Waals surface area contributed by atoms with Gasteiger partial charge in [-0.25, -0.2) is 0 Å². The molecule has 1 aliphatic heterocycles. The number of nitrogens with zero attached hydrogens (tertiary/aromatic N) is 1. The van der Waals surface area contributed by atoms with E-state index >= 15 is 0 Å². The molecule has 1 heterocycles. The molecular formula is C29H27Cl2NO6. The van der Waals surface area contributed by atoms with Gasteiger partial charge in [-0.05, 0) is 62.7 Å². The highest BCUT2D eigenvalue weighted by atomic mass is 35.5. The molecule has 1 N–H and O–H groups in total. The van der Waals surface area contributed by atoms with Gasteiger partial charge >= 0.3 is 0 Å². The summed E-state index contributed by atoms with van der Waals surface area (Å²) in [7, 11) is 1.42. The molecule has 0 spiro atoms. The van der Waals surface area contributed by atoms with Gasteiger partial charge in [-0.15, -0.1) is 0 Å². The number of ketones is 1. The summed E-state index contributed by atoms with van der Waals surface area (Å²) >= 11 is 12.6. The Kier molecular flexibility index (Phi) is 8.19. The van der Waals surface area contributed by atoms with Crippen LogP contribution in [0.2, 0.25) is 10.0 Å². The maximum absolute atomic E-state index is 13.5. The quantitative estimate of drug-likeness (QED) is 0.186. The van der Waals surface area contributed by atoms with E-state index in [-0.39, 0.29) is 33.0 Å². The number of carbonyl (C=O) groups excluding carboxylic acids is 2. The van der Waals surface area contributed by atoms with Crippen LogP contribution in [-0.2, 0) is 9.59 Å². The van der Waals surface area contributed by atoms with Crippen molar-refractivity contribution in [3.05, 3.63) is 87.4 Å². The molecule has 4 rings (SSSR count). The standard InChI is InChI=1S/C29H27Cl2NO6/c1-5-37-20-10-7-9-19(15-20)32-25(17-8-6-11-21(12-17)38-16(2)3)24(27(34)29(32)35)26(33)18-13-22(30)28(36-4)23(31)14-18/h6-16,25,33H,5H2,1-4H3/b26-24+. The van der Waals surface area contributed by atoms with Crippen molar-refractivity contribution < 1.29 is 28.9 Å². The zero-order valence-electron chi connectivity index (χ0n) is 21.3. The molecule has 0 saturated carbocycles. The van der Waals surface area contributed by atoms with Gasteiger partial charge in [0.05, 0.1) is 41.5 Å². The Hall–Kier alpha value is -3.68. The summed E-state index contributed by atoms with van der Waals surface area (Å²) in [5, 5.41) is 11.7. The second-order valence-corrected chi connectivity index (χ2v) is 9.63. The summed E-state index contributed by atoms with van der Waals surface area (Å²) < 4.78 is 16.7. The highest BCUT2D eigenvalue weighted by molar-refractivity contribution is 6.51. The minimum absolute atomic E-state index is 0.0944. The first kappa shape index (κ1) is 27.4. The highest BCUT2D eigenvalue weighted by Crippen LogP contribution is 2.44. The fourth-order valence-corrected chi connectivity index (χ4v) is 5.02. The van der Waals surface area contributed by atoms with Crippen LogP contribution in [0, 0.1) is 0 Å². The normalized spacial score (nSPS) is 16.7. The molecule has 1 unspecified atom stereocenters. The number of aliphatic hydroxyl groups excluding tert-OH is 1. The highest BCUT2D eigenvalue weighted by Gasteiger charge is 2.47. The lowest BCUT2D eigenvalue weighted by molar-refractivity contribution is -0.132. The van der Waals surface area contributed by atoms with Gasteiger partial charge in [0.25, 0.3) is 11.7 Å². The van der Waals surface area contributed by atoms with E-state index in [0.29, 0.717) is 29.4 Å². The van der Waals surface area contributed by atoms with Crippen molar-refractivity contribution in [1.29, 1.82) is 0 Å². The van der Waals surface area contributed by atoms with Crippen molar-refractivity contribution in [2.24, 2.45) is 0 Å². The molecule has 1 atom stereocenters. The molecule has 38 heavy (non-hydrogen) atoms. The van der Waals surface area contributed by atoms with E-state index < -0.39 is 23.5 Å². The fourth-order valence-electron chi connectivity index (χ4n) is 4.38. The van der Waals surface area contributed by atoms with Crippen LogP contribution in [0.15, 0.2) is 66.2 Å². The zero-order valence-corrected chi connectivity index (χ0v) is 22.8. The van der Waals surface area contributed by atoms with Crippen LogP contribution in [0.1, 0.15) is 37.9 Å². The number of benzene rings is 3. The van der Waals surface area contributed by atoms with E-state index in [4.69, 9.17) is 37.4 Å². The second kappa shape index (κ2) is 11.4. The molecule has 3 aromatic rings. The molecule has 0 bridgehead atoms. The Morgan fingerprint density at radius 1 is 1.00 bits per heavy atom. The van der Waals surface area contributed by atoms with Crippen molar-refractivity contribution >= 4 is 46.3 Å². The fraction of sp³-hybridized carbons (Fsp3) is 0.241. The number of aliphatic hydroxyl groups is 1. The number of halogens is 2. The lowest BCUT2D eigenvalue weighted by Gasteiger charge is -2.26. The molecular weight excluding hydrogens is 529 g/mol. The van der Waals surface area contributed by atoms with E-state index in [2.05, 4.69) is 0 Å². The number of methoxy groups -OCH3 is 1. The molecule has 1 aliphatic rings. The smallest absolute Gasteiger partial charge is 0.300 e. The third-order valence-corrected chi connectivity index (χ3v) is 6.43. The number of rotatable bonds is 8. The van der Waals surface area contributed by atoms with Crippen LogP contribution in [0.4, 0.5) is 5.69 Å². The van der Waals surface area contributed by atoms with Crippen molar-refractivity contribution in [1.82, 2.24) is 0 Å². The molecule has 1 fully saturated rings. The average molecular weight is 556 g/mol. The number of ether oxygens (including phenoxy) is 3. The monoisotopic (exact) mass is 555 g/mol. The first-order valence-corrected chi connectivity index (χ1v) is 12.8. The van der Waals surface area contributed by atoms with Crippen molar-refractivity contribution in [2.75, 3.05) is 18.6 Å². The van der Waals surface area contributed by atoms with Gasteiger partial charge in [0.15, 0.2) is 5.75 Å². The lowest BCUT2D eigenvalue weighted by Crippen LogP contribution is -2.29. The minimum Gasteiger partial charge on any atom is -0.507 e. The summed E-state index contributed by atoms with van der Waals surface area (Å²) in [6.07, 6.45) is -0.0944. The molecule has 1 amide bonds. The van der Waals surface area contributed by atoms with Crippen LogP contribution < -0.4 is 19.1 Å². The zero-order chi connectivity index (χ0) is 27.6. The number of anilines is 1. The average Bonchev–Trinajstić information content (AvgIpc) is 3.14. The van der Waals surface area contributed by atoms with Gasteiger partial charge in [-0.3, -0.25) is 14.5 Å². The van der Waals surface area contributed by atoms with Gasteiger partial charge in [0, 0.05) is 17.3 Å². The number of Topliss-reactive ketones (excluding diaryl/α,β-unsaturated/α-hetero) is 1. The summed E-state index contributed by atoms with van der Waals surface area (Å²) in [5.41, 5.74) is 1.05. The van der Waals surface area contributed by atoms with Crippen LogP contribution in [0.25, 0.3) is 5.76 Å². The number of hydrogen-bond donors (Lipinski definition) is 1. The van der Waals surface area contributed by atoms with Crippen LogP contribution in [0.3, 0.4) is 0 Å². The van der Waals surface area contributed by atoms with Crippen LogP contribution in [0.5, 0.6) is 17.2 Å². The number of carbonyl (C=O) groups is 2. The third-order valence-electron chi connectivity index (χ3n) is 5.87. The first-order valence-electron chi connectivity index (χ1n) is 12.0. The van der Waals surface area contributed by atoms with E-state index in [1.165, 1.54) is 24.1 Å². The van der Waals surface area contributed by atoms with E-state index in [1.807, 2.05) is 20.8 Å². The molecule has 0 radical (unpaired) electrons. The molecule has 3 aromatic carbocycles. The molecule has 9 heteroatoms. The number of amides is 1. The topological polar surface area (TPSA) is 85.3 Å². The van der Waals surface area contributed by atoms with Gasteiger partial charge in [-0.2, -0.15) is 0 Å². The van der Waals surface area contributed by atoms with Gasteiger partial charge in [0.2, 0.25) is 0 Å². The summed E-state index contributed by atoms with van der Waals surface area (Å²) in [5.74, 6) is -0.747. The Labute approximate surface area is 231 Å². The van der Waals surface area contributed by atoms with E-state index in [1.54, 1.807) is 48.5 Å². The number of hydrogen-bond acceptors (Lipinski definition) is 6. The van der Waals surface area contributed by atoms with Crippen molar-refractivity contribution in [3.63, 3.8) is 0 Å². The predicted octanol–water partition coefficient (Wildman–Crippen LogP) is 6.81. The molecule has 0 aliphatic carbocycles.